The normalized spacial score (nSPS) is 17.8. The molecule has 18 heavy (non-hydrogen) atoms. The van der Waals surface area contributed by atoms with Crippen molar-refractivity contribution in [3.63, 3.8) is 0 Å². The molecule has 100 valence electrons. The summed E-state index contributed by atoms with van der Waals surface area (Å²) in [5.41, 5.74) is 3.99. The zero-order valence-electron chi connectivity index (χ0n) is 9.65. The number of nitrogens with one attached hydrogen (secondary N) is 1. The van der Waals surface area contributed by atoms with Gasteiger partial charge in [-0.1, -0.05) is 23.7 Å². The quantitative estimate of drug-likeness (QED) is 0.278. The van der Waals surface area contributed by atoms with Crippen molar-refractivity contribution in [2.75, 3.05) is 12.3 Å². The van der Waals surface area contributed by atoms with Crippen molar-refractivity contribution >= 4 is 34.8 Å². The largest absolute Gasteiger partial charge is 0.399 e. The molecule has 0 heterocycles. The van der Waals surface area contributed by atoms with E-state index in [-0.39, 0.29) is 5.56 Å². The lowest BCUT2D eigenvalue weighted by atomic mass is 9.83. The second-order valence-corrected chi connectivity index (χ2v) is 4.78. The molecular formula is C11H14Cl2N2O3. The first-order valence-electron chi connectivity index (χ1n) is 5.09. The van der Waals surface area contributed by atoms with E-state index in [2.05, 4.69) is 0 Å². The number of nitrogens with two attached hydrogens (primary N) is 1. The van der Waals surface area contributed by atoms with Crippen molar-refractivity contribution in [2.24, 2.45) is 0 Å². The summed E-state index contributed by atoms with van der Waals surface area (Å²) in [6, 6.07) is 5.90. The number of alkyl halides is 1. The molecule has 0 fully saturated rings. The average Bonchev–Trinajstić information content (AvgIpc) is 2.37. The first-order chi connectivity index (χ1) is 8.31. The molecule has 7 heteroatoms. The number of carbonyl (C=O) groups is 1. The molecule has 0 aliphatic heterocycles. The molecule has 1 aromatic rings. The van der Waals surface area contributed by atoms with Crippen LogP contribution in [0.15, 0.2) is 24.3 Å². The second-order valence-electron chi connectivity index (χ2n) is 3.94. The van der Waals surface area contributed by atoms with Crippen molar-refractivity contribution < 1.29 is 15.0 Å². The van der Waals surface area contributed by atoms with Gasteiger partial charge in [0.25, 0.3) is 0 Å². The molecular weight excluding hydrogens is 279 g/mol. The third-order valence-corrected chi connectivity index (χ3v) is 3.69. The number of aliphatic hydroxyl groups is 2. The lowest BCUT2D eigenvalue weighted by Crippen LogP contribution is -2.60. The summed E-state index contributed by atoms with van der Waals surface area (Å²) in [5.74, 6) is -0.663. The van der Waals surface area contributed by atoms with Gasteiger partial charge < -0.3 is 15.9 Å². The summed E-state index contributed by atoms with van der Waals surface area (Å²) in [6.07, 6.45) is 0. The zero-order valence-corrected chi connectivity index (χ0v) is 11.2. The molecule has 0 aromatic heterocycles. The highest BCUT2D eigenvalue weighted by molar-refractivity contribution is 6.30. The summed E-state index contributed by atoms with van der Waals surface area (Å²) in [5, 5.41) is 19.8. The third-order valence-electron chi connectivity index (χ3n) is 2.78. The SMILES string of the molecule is CC(=O)C(O)(c1ccc(N)cc1)[C@](Cl)(CO)NCl. The van der Waals surface area contributed by atoms with Gasteiger partial charge in [-0.05, 0) is 36.4 Å². The Labute approximate surface area is 115 Å². The van der Waals surface area contributed by atoms with Gasteiger partial charge in [-0.3, -0.25) is 4.79 Å². The minimum absolute atomic E-state index is 0.182. The number of hydrogen-bond donors (Lipinski definition) is 4. The summed E-state index contributed by atoms with van der Waals surface area (Å²) >= 11 is 11.4. The van der Waals surface area contributed by atoms with Crippen LogP contribution >= 0.6 is 23.4 Å². The highest BCUT2D eigenvalue weighted by Crippen LogP contribution is 2.37. The van der Waals surface area contributed by atoms with Gasteiger partial charge in [-0.2, -0.15) is 0 Å². The molecule has 0 amide bonds. The van der Waals surface area contributed by atoms with Crippen LogP contribution in [0.25, 0.3) is 0 Å². The van der Waals surface area contributed by atoms with Gasteiger partial charge in [0.15, 0.2) is 16.4 Å². The standard InChI is InChI=1S/C11H14Cl2N2O3/c1-7(17)11(18,10(12,6-16)15-13)8-2-4-9(14)5-3-8/h2-5,15-16,18H,6,14H2,1H3/t10-,11?/m0/s1. The molecule has 1 unspecified atom stereocenters. The van der Waals surface area contributed by atoms with Crippen LogP contribution in [-0.4, -0.2) is 27.6 Å². The van der Waals surface area contributed by atoms with Crippen LogP contribution in [0.1, 0.15) is 12.5 Å². The molecule has 5 N–H and O–H groups in total. The van der Waals surface area contributed by atoms with Crippen molar-refractivity contribution in [2.45, 2.75) is 17.5 Å². The summed E-state index contributed by atoms with van der Waals surface area (Å²) in [4.78, 5) is 11.9. The number of halogens is 2. The second kappa shape index (κ2) is 5.42. The Hall–Kier alpha value is -0.850. The fourth-order valence-electron chi connectivity index (χ4n) is 1.65. The number of hydrogen-bond acceptors (Lipinski definition) is 5. The molecule has 2 atom stereocenters. The smallest absolute Gasteiger partial charge is 0.183 e. The number of carbonyl (C=O) groups excluding carboxylic acids is 1. The fourth-order valence-corrected chi connectivity index (χ4v) is 2.09. The van der Waals surface area contributed by atoms with Crippen LogP contribution in [0.2, 0.25) is 0 Å². The van der Waals surface area contributed by atoms with Gasteiger partial charge in [-0.25, -0.2) is 4.84 Å². The Morgan fingerprint density at radius 1 is 1.44 bits per heavy atom. The third kappa shape index (κ3) is 2.32. The molecule has 1 rings (SSSR count). The predicted octanol–water partition coefficient (Wildman–Crippen LogP) is 0.716. The molecule has 0 radical (unpaired) electrons. The van der Waals surface area contributed by atoms with E-state index in [4.69, 9.17) is 29.1 Å². The maximum atomic E-state index is 11.7. The van der Waals surface area contributed by atoms with Crippen LogP contribution in [0.3, 0.4) is 0 Å². The molecule has 0 bridgehead atoms. The topological polar surface area (TPSA) is 95.6 Å². The summed E-state index contributed by atoms with van der Waals surface area (Å²) < 4.78 is 0. The van der Waals surface area contributed by atoms with E-state index in [1.807, 2.05) is 4.84 Å². The van der Waals surface area contributed by atoms with E-state index in [1.54, 1.807) is 0 Å². The Morgan fingerprint density at radius 2 is 1.94 bits per heavy atom. The lowest BCUT2D eigenvalue weighted by Gasteiger charge is -2.39. The van der Waals surface area contributed by atoms with Crippen molar-refractivity contribution in [3.05, 3.63) is 29.8 Å². The van der Waals surface area contributed by atoms with Crippen LogP contribution in [-0.2, 0) is 10.4 Å². The fraction of sp³-hybridized carbons (Fsp3) is 0.364. The van der Waals surface area contributed by atoms with E-state index < -0.39 is 23.0 Å². The molecule has 0 aliphatic rings. The maximum absolute atomic E-state index is 11.7. The maximum Gasteiger partial charge on any atom is 0.183 e. The number of aliphatic hydroxyl groups excluding tert-OH is 1. The van der Waals surface area contributed by atoms with Crippen molar-refractivity contribution in [1.82, 2.24) is 4.84 Å². The van der Waals surface area contributed by atoms with Gasteiger partial charge in [0.05, 0.1) is 6.61 Å². The number of anilines is 1. The minimum atomic E-state index is -2.18. The van der Waals surface area contributed by atoms with Crippen molar-refractivity contribution in [1.29, 1.82) is 0 Å². The molecule has 0 saturated carbocycles. The number of Topliss-reactive ketones (excluding diaryl/α,β-unsaturated/α-hetero) is 1. The van der Waals surface area contributed by atoms with Gasteiger partial charge in [-0.15, -0.1) is 0 Å². The summed E-state index contributed by atoms with van der Waals surface area (Å²) in [7, 11) is 0. The Morgan fingerprint density at radius 3 is 2.28 bits per heavy atom. The zero-order chi connectivity index (χ0) is 14.0. The highest BCUT2D eigenvalue weighted by atomic mass is 35.5. The molecule has 1 aromatic carbocycles. The predicted molar refractivity (Wildman–Crippen MR) is 70.1 cm³/mol. The first kappa shape index (κ1) is 15.2. The Bertz CT molecular complexity index is 434. The molecule has 0 aliphatic carbocycles. The lowest BCUT2D eigenvalue weighted by molar-refractivity contribution is -0.143. The number of rotatable bonds is 5. The Balaban J connectivity index is 3.40. The van der Waals surface area contributed by atoms with E-state index in [9.17, 15) is 15.0 Å². The summed E-state index contributed by atoms with van der Waals surface area (Å²) in [6.45, 7) is 0.399. The van der Waals surface area contributed by atoms with E-state index in [0.717, 1.165) is 6.92 Å². The van der Waals surface area contributed by atoms with Crippen LogP contribution in [0, 0.1) is 0 Å². The van der Waals surface area contributed by atoms with E-state index in [1.165, 1.54) is 24.3 Å². The monoisotopic (exact) mass is 292 g/mol. The minimum Gasteiger partial charge on any atom is -0.399 e. The number of benzene rings is 1. The van der Waals surface area contributed by atoms with E-state index >= 15 is 0 Å². The number of nitrogen functional groups attached to an aromatic ring is 1. The van der Waals surface area contributed by atoms with Crippen LogP contribution < -0.4 is 10.6 Å². The molecule has 0 saturated heterocycles. The van der Waals surface area contributed by atoms with Gasteiger partial charge in [0, 0.05) is 5.69 Å². The van der Waals surface area contributed by atoms with Gasteiger partial charge in [0.2, 0.25) is 0 Å². The van der Waals surface area contributed by atoms with E-state index in [0.29, 0.717) is 5.69 Å². The number of ketones is 1. The van der Waals surface area contributed by atoms with Gasteiger partial charge >= 0.3 is 0 Å². The van der Waals surface area contributed by atoms with Gasteiger partial charge in [0.1, 0.15) is 0 Å². The molecule has 0 spiro atoms. The van der Waals surface area contributed by atoms with Crippen LogP contribution in [0.5, 0.6) is 0 Å². The van der Waals surface area contributed by atoms with Crippen LogP contribution in [0.4, 0.5) is 5.69 Å². The molecule has 5 nitrogen and oxygen atoms in total. The average molecular weight is 293 g/mol. The van der Waals surface area contributed by atoms with Crippen molar-refractivity contribution in [3.8, 4) is 0 Å². The Kier molecular flexibility index (Phi) is 4.58. The highest BCUT2D eigenvalue weighted by Gasteiger charge is 2.54. The first-order valence-corrected chi connectivity index (χ1v) is 5.84.